The van der Waals surface area contributed by atoms with Gasteiger partial charge in [-0.1, -0.05) is 29.8 Å². The largest absolute Gasteiger partial charge is 0.454 e. The number of carbonyl (C=O) groups excluding carboxylic acids is 2. The summed E-state index contributed by atoms with van der Waals surface area (Å²) in [5, 5.41) is 0.845. The highest BCUT2D eigenvalue weighted by Gasteiger charge is 2.29. The minimum absolute atomic E-state index is 0.0368. The summed E-state index contributed by atoms with van der Waals surface area (Å²) >= 11 is 6.10. The van der Waals surface area contributed by atoms with Gasteiger partial charge < -0.3 is 9.15 Å². The zero-order chi connectivity index (χ0) is 22.2. The third kappa shape index (κ3) is 4.11. The van der Waals surface area contributed by atoms with Crippen molar-refractivity contribution in [3.8, 4) is 0 Å². The van der Waals surface area contributed by atoms with Crippen LogP contribution in [0.2, 0.25) is 5.02 Å². The number of rotatable bonds is 6. The zero-order valence-electron chi connectivity index (χ0n) is 16.8. The van der Waals surface area contributed by atoms with Crippen molar-refractivity contribution < 1.29 is 27.2 Å². The quantitative estimate of drug-likeness (QED) is 0.403. The van der Waals surface area contributed by atoms with Crippen LogP contribution in [0.4, 0.5) is 0 Å². The van der Waals surface area contributed by atoms with Crippen molar-refractivity contribution in [1.82, 2.24) is 4.31 Å². The molecule has 2 heterocycles. The second-order valence-corrected chi connectivity index (χ2v) is 9.65. The Labute approximate surface area is 184 Å². The first-order chi connectivity index (χ1) is 14.8. The van der Waals surface area contributed by atoms with Crippen LogP contribution in [0.1, 0.15) is 39.3 Å². The van der Waals surface area contributed by atoms with Gasteiger partial charge in [0.15, 0.2) is 12.4 Å². The number of carbonyl (C=O) groups is 2. The molecule has 31 heavy (non-hydrogen) atoms. The van der Waals surface area contributed by atoms with Crippen LogP contribution < -0.4 is 0 Å². The fraction of sp³-hybridized carbons (Fsp3) is 0.273. The van der Waals surface area contributed by atoms with Crippen LogP contribution in [-0.4, -0.2) is 44.2 Å². The number of benzene rings is 2. The molecular weight excluding hydrogens is 442 g/mol. The molecule has 1 aliphatic rings. The Morgan fingerprint density at radius 3 is 2.55 bits per heavy atom. The molecule has 0 atom stereocenters. The summed E-state index contributed by atoms with van der Waals surface area (Å²) < 4.78 is 37.6. The first kappa shape index (κ1) is 21.5. The van der Waals surface area contributed by atoms with Crippen LogP contribution in [0, 0.1) is 6.92 Å². The molecule has 9 heteroatoms. The van der Waals surface area contributed by atoms with Crippen molar-refractivity contribution >= 4 is 44.3 Å². The van der Waals surface area contributed by atoms with Crippen molar-refractivity contribution in [2.24, 2.45) is 0 Å². The minimum Gasteiger partial charge on any atom is -0.454 e. The van der Waals surface area contributed by atoms with E-state index in [1.165, 1.54) is 22.5 Å². The van der Waals surface area contributed by atoms with Crippen molar-refractivity contribution in [2.45, 2.75) is 24.7 Å². The van der Waals surface area contributed by atoms with Crippen LogP contribution in [0.3, 0.4) is 0 Å². The van der Waals surface area contributed by atoms with E-state index in [4.69, 9.17) is 20.8 Å². The van der Waals surface area contributed by atoms with E-state index in [-0.39, 0.29) is 21.2 Å². The molecule has 4 rings (SSSR count). The Balaban J connectivity index is 1.52. The highest BCUT2D eigenvalue weighted by molar-refractivity contribution is 7.89. The number of ether oxygens (including phenoxy) is 1. The maximum Gasteiger partial charge on any atom is 0.340 e. The van der Waals surface area contributed by atoms with E-state index in [1.54, 1.807) is 19.1 Å². The lowest BCUT2D eigenvalue weighted by Gasteiger charge is -2.16. The van der Waals surface area contributed by atoms with Crippen LogP contribution in [0.25, 0.3) is 11.0 Å². The number of Topliss-reactive ketones (excluding diaryl/α,β-unsaturated/α-hetero) is 1. The van der Waals surface area contributed by atoms with Crippen molar-refractivity contribution in [3.05, 3.63) is 64.4 Å². The number of sulfonamides is 1. The molecule has 0 N–H and O–H groups in total. The van der Waals surface area contributed by atoms with E-state index in [9.17, 15) is 18.0 Å². The summed E-state index contributed by atoms with van der Waals surface area (Å²) in [4.78, 5) is 25.1. The fourth-order valence-electron chi connectivity index (χ4n) is 3.61. The van der Waals surface area contributed by atoms with Gasteiger partial charge in [0, 0.05) is 24.0 Å². The number of para-hydroxylation sites is 1. The number of hydrogen-bond donors (Lipinski definition) is 0. The van der Waals surface area contributed by atoms with Gasteiger partial charge >= 0.3 is 5.97 Å². The average molecular weight is 462 g/mol. The number of nitrogens with zero attached hydrogens (tertiary/aromatic N) is 1. The molecule has 3 aromatic rings. The molecule has 0 amide bonds. The number of hydrogen-bond acceptors (Lipinski definition) is 6. The van der Waals surface area contributed by atoms with Crippen LogP contribution in [0.5, 0.6) is 0 Å². The molecule has 0 unspecified atom stereocenters. The van der Waals surface area contributed by atoms with E-state index in [2.05, 4.69) is 0 Å². The van der Waals surface area contributed by atoms with Gasteiger partial charge in [0.25, 0.3) is 0 Å². The Kier molecular flexibility index (Phi) is 5.88. The Morgan fingerprint density at radius 2 is 1.84 bits per heavy atom. The van der Waals surface area contributed by atoms with Gasteiger partial charge in [0.1, 0.15) is 5.58 Å². The molecule has 0 aliphatic carbocycles. The van der Waals surface area contributed by atoms with Gasteiger partial charge in [-0.15, -0.1) is 0 Å². The zero-order valence-corrected chi connectivity index (χ0v) is 18.3. The normalized spacial score (nSPS) is 14.8. The van der Waals surface area contributed by atoms with E-state index in [0.29, 0.717) is 24.2 Å². The number of furan rings is 1. The topological polar surface area (TPSA) is 93.9 Å². The summed E-state index contributed by atoms with van der Waals surface area (Å²) in [5.74, 6) is -1.27. The van der Waals surface area contributed by atoms with Crippen molar-refractivity contribution in [2.75, 3.05) is 19.7 Å². The smallest absolute Gasteiger partial charge is 0.340 e. The van der Waals surface area contributed by atoms with Gasteiger partial charge in [-0.05, 0) is 44.0 Å². The van der Waals surface area contributed by atoms with Gasteiger partial charge in [-0.2, -0.15) is 4.31 Å². The van der Waals surface area contributed by atoms with E-state index < -0.39 is 28.4 Å². The van der Waals surface area contributed by atoms with Gasteiger partial charge in [0.2, 0.25) is 15.8 Å². The first-order valence-corrected chi connectivity index (χ1v) is 11.6. The van der Waals surface area contributed by atoms with E-state index in [1.807, 2.05) is 12.1 Å². The Morgan fingerprint density at radius 1 is 1.13 bits per heavy atom. The second-order valence-electron chi connectivity index (χ2n) is 7.30. The summed E-state index contributed by atoms with van der Waals surface area (Å²) in [5.41, 5.74) is 1.11. The molecule has 0 radical (unpaired) electrons. The van der Waals surface area contributed by atoms with Gasteiger partial charge in [-0.3, -0.25) is 4.79 Å². The molecule has 1 fully saturated rings. The number of aryl methyl sites for hydroxylation is 1. The molecule has 0 bridgehead atoms. The second kappa shape index (κ2) is 8.45. The lowest BCUT2D eigenvalue weighted by Crippen LogP contribution is -2.28. The van der Waals surface area contributed by atoms with Gasteiger partial charge in [-0.25, -0.2) is 13.2 Å². The highest BCUT2D eigenvalue weighted by atomic mass is 35.5. The molecule has 2 aromatic carbocycles. The maximum absolute atomic E-state index is 12.8. The third-order valence-corrected chi connectivity index (χ3v) is 7.52. The SMILES string of the molecule is Cc1c(C(=O)COC(=O)c2cc(S(=O)(=O)N3CCCC3)ccc2Cl)oc2ccccc12. The number of esters is 1. The lowest BCUT2D eigenvalue weighted by atomic mass is 10.1. The summed E-state index contributed by atoms with van der Waals surface area (Å²) in [6.07, 6.45) is 1.59. The van der Waals surface area contributed by atoms with Crippen LogP contribution in [-0.2, 0) is 14.8 Å². The fourth-order valence-corrected chi connectivity index (χ4v) is 5.35. The molecule has 0 spiro atoms. The molecule has 1 saturated heterocycles. The first-order valence-electron chi connectivity index (χ1n) is 9.77. The number of halogens is 1. The van der Waals surface area contributed by atoms with Crippen molar-refractivity contribution in [3.63, 3.8) is 0 Å². The highest BCUT2D eigenvalue weighted by Crippen LogP contribution is 2.27. The van der Waals surface area contributed by atoms with E-state index >= 15 is 0 Å². The lowest BCUT2D eigenvalue weighted by molar-refractivity contribution is 0.0468. The van der Waals surface area contributed by atoms with Gasteiger partial charge in [0.05, 0.1) is 15.5 Å². The molecule has 1 aliphatic heterocycles. The Bertz CT molecular complexity index is 1270. The Hall–Kier alpha value is -2.68. The van der Waals surface area contributed by atoms with Crippen LogP contribution in [0.15, 0.2) is 51.8 Å². The predicted molar refractivity (Wildman–Crippen MR) is 115 cm³/mol. The third-order valence-electron chi connectivity index (χ3n) is 5.29. The molecule has 0 saturated carbocycles. The van der Waals surface area contributed by atoms with E-state index in [0.717, 1.165) is 18.2 Å². The predicted octanol–water partition coefficient (Wildman–Crippen LogP) is 4.22. The number of fused-ring (bicyclic) bond motifs is 1. The number of ketones is 1. The van der Waals surface area contributed by atoms with Crippen molar-refractivity contribution in [1.29, 1.82) is 0 Å². The summed E-state index contributed by atoms with van der Waals surface area (Å²) in [6, 6.07) is 11.1. The molecule has 7 nitrogen and oxygen atoms in total. The maximum atomic E-state index is 12.8. The summed E-state index contributed by atoms with van der Waals surface area (Å²) in [7, 11) is -3.72. The molecule has 162 valence electrons. The molecular formula is C22H20ClNO6S. The molecule has 1 aromatic heterocycles. The monoisotopic (exact) mass is 461 g/mol. The summed E-state index contributed by atoms with van der Waals surface area (Å²) in [6.45, 7) is 2.08. The van der Waals surface area contributed by atoms with Crippen LogP contribution >= 0.6 is 11.6 Å². The minimum atomic E-state index is -3.72. The standard InChI is InChI=1S/C22H20ClNO6S/c1-14-16-6-2-3-7-20(16)30-21(14)19(25)13-29-22(26)17-12-15(8-9-18(17)23)31(27,28)24-10-4-5-11-24/h2-3,6-9,12H,4-5,10-11,13H2,1H3. The average Bonchev–Trinajstić information content (AvgIpc) is 3.41.